The number of nitrogens with zero attached hydrogens (tertiary/aromatic N) is 2. The summed E-state index contributed by atoms with van der Waals surface area (Å²) in [5, 5.41) is 4.08. The molecule has 0 aliphatic carbocycles. The van der Waals surface area contributed by atoms with Crippen LogP contribution in [0.1, 0.15) is 16.1 Å². The molecule has 0 atom stereocenters. The van der Waals surface area contributed by atoms with E-state index in [-0.39, 0.29) is 5.78 Å². The van der Waals surface area contributed by atoms with Gasteiger partial charge in [-0.3, -0.25) is 9.48 Å². The number of ether oxygens (including phenoxy) is 1. The standard InChI is InChI=1S/C14H13BrN2O2/c1-17-13(12(15)9-16-17)6-7-14(18)10-4-3-5-11(8-10)19-2/h3-9H,1-2H3/b7-6+. The summed E-state index contributed by atoms with van der Waals surface area (Å²) < 4.78 is 7.64. The summed E-state index contributed by atoms with van der Waals surface area (Å²) in [5.41, 5.74) is 1.44. The van der Waals surface area contributed by atoms with E-state index in [4.69, 9.17) is 4.74 Å². The van der Waals surface area contributed by atoms with E-state index >= 15 is 0 Å². The Hall–Kier alpha value is -1.88. The van der Waals surface area contributed by atoms with Crippen molar-refractivity contribution < 1.29 is 9.53 Å². The molecule has 0 aliphatic rings. The van der Waals surface area contributed by atoms with Crippen molar-refractivity contribution in [3.05, 3.63) is 52.3 Å². The van der Waals surface area contributed by atoms with E-state index in [0.717, 1.165) is 10.2 Å². The quantitative estimate of drug-likeness (QED) is 0.642. The molecule has 0 bridgehead atoms. The smallest absolute Gasteiger partial charge is 0.186 e. The summed E-state index contributed by atoms with van der Waals surface area (Å²) in [6, 6.07) is 7.07. The molecule has 5 heteroatoms. The summed E-state index contributed by atoms with van der Waals surface area (Å²) >= 11 is 3.38. The molecule has 4 nitrogen and oxygen atoms in total. The molecule has 0 spiro atoms. The summed E-state index contributed by atoms with van der Waals surface area (Å²) in [6.07, 6.45) is 4.95. The van der Waals surface area contributed by atoms with Crippen molar-refractivity contribution in [1.82, 2.24) is 9.78 Å². The number of hydrogen-bond acceptors (Lipinski definition) is 3. The number of hydrogen-bond donors (Lipinski definition) is 0. The highest BCUT2D eigenvalue weighted by atomic mass is 79.9. The van der Waals surface area contributed by atoms with Crippen molar-refractivity contribution in [2.24, 2.45) is 7.05 Å². The van der Waals surface area contributed by atoms with Crippen LogP contribution < -0.4 is 4.74 Å². The molecule has 98 valence electrons. The normalized spacial score (nSPS) is 10.9. The molecule has 1 aromatic carbocycles. The van der Waals surface area contributed by atoms with Gasteiger partial charge in [-0.15, -0.1) is 0 Å². The maximum atomic E-state index is 12.0. The number of rotatable bonds is 4. The first-order valence-electron chi connectivity index (χ1n) is 5.66. The third-order valence-electron chi connectivity index (χ3n) is 2.68. The first-order chi connectivity index (χ1) is 9.11. The van der Waals surface area contributed by atoms with Crippen molar-refractivity contribution in [3.8, 4) is 5.75 Å². The van der Waals surface area contributed by atoms with Gasteiger partial charge in [-0.05, 0) is 40.2 Å². The second-order valence-electron chi connectivity index (χ2n) is 3.93. The number of carbonyl (C=O) groups excluding carboxylic acids is 1. The molecular weight excluding hydrogens is 308 g/mol. The topological polar surface area (TPSA) is 44.1 Å². The first-order valence-corrected chi connectivity index (χ1v) is 6.45. The van der Waals surface area contributed by atoms with Crippen LogP contribution in [0, 0.1) is 0 Å². The van der Waals surface area contributed by atoms with Crippen LogP contribution in [0.25, 0.3) is 6.08 Å². The molecule has 2 aromatic rings. The van der Waals surface area contributed by atoms with Gasteiger partial charge in [-0.2, -0.15) is 5.10 Å². The highest BCUT2D eigenvalue weighted by molar-refractivity contribution is 9.10. The second kappa shape index (κ2) is 5.84. The van der Waals surface area contributed by atoms with Gasteiger partial charge in [0.2, 0.25) is 0 Å². The third-order valence-corrected chi connectivity index (χ3v) is 3.30. The predicted molar refractivity (Wildman–Crippen MR) is 77.3 cm³/mol. The van der Waals surface area contributed by atoms with Gasteiger partial charge in [0.25, 0.3) is 0 Å². The van der Waals surface area contributed by atoms with E-state index < -0.39 is 0 Å². The third kappa shape index (κ3) is 3.12. The molecule has 0 fully saturated rings. The molecule has 0 saturated carbocycles. The van der Waals surface area contributed by atoms with Crippen molar-refractivity contribution in [2.75, 3.05) is 7.11 Å². The highest BCUT2D eigenvalue weighted by Crippen LogP contribution is 2.18. The van der Waals surface area contributed by atoms with Crippen LogP contribution in [-0.4, -0.2) is 22.7 Å². The van der Waals surface area contributed by atoms with Crippen molar-refractivity contribution in [1.29, 1.82) is 0 Å². The summed E-state index contributed by atoms with van der Waals surface area (Å²) in [7, 11) is 3.40. The van der Waals surface area contributed by atoms with Gasteiger partial charge < -0.3 is 4.74 Å². The fourth-order valence-electron chi connectivity index (χ4n) is 1.63. The average molecular weight is 321 g/mol. The number of allylic oxidation sites excluding steroid dienone is 1. The summed E-state index contributed by atoms with van der Waals surface area (Å²) in [4.78, 5) is 12.0. The molecular formula is C14H13BrN2O2. The lowest BCUT2D eigenvalue weighted by atomic mass is 10.1. The van der Waals surface area contributed by atoms with E-state index in [2.05, 4.69) is 21.0 Å². The van der Waals surface area contributed by atoms with E-state index in [1.54, 1.807) is 48.3 Å². The molecule has 0 amide bonds. The van der Waals surface area contributed by atoms with Crippen LogP contribution in [0.2, 0.25) is 0 Å². The Morgan fingerprint density at radius 2 is 2.26 bits per heavy atom. The lowest BCUT2D eigenvalue weighted by molar-refractivity contribution is 0.104. The fraction of sp³-hybridized carbons (Fsp3) is 0.143. The van der Waals surface area contributed by atoms with Crippen LogP contribution >= 0.6 is 15.9 Å². The number of benzene rings is 1. The van der Waals surface area contributed by atoms with Crippen LogP contribution in [-0.2, 0) is 7.05 Å². The second-order valence-corrected chi connectivity index (χ2v) is 4.79. The number of halogens is 1. The number of methoxy groups -OCH3 is 1. The lowest BCUT2D eigenvalue weighted by Gasteiger charge is -2.01. The van der Waals surface area contributed by atoms with Gasteiger partial charge >= 0.3 is 0 Å². The number of aromatic nitrogens is 2. The Bertz CT molecular complexity index is 613. The zero-order chi connectivity index (χ0) is 13.8. The number of carbonyl (C=O) groups is 1. The molecule has 0 N–H and O–H groups in total. The van der Waals surface area contributed by atoms with Crippen molar-refractivity contribution in [3.63, 3.8) is 0 Å². The molecule has 0 saturated heterocycles. The van der Waals surface area contributed by atoms with E-state index in [1.807, 2.05) is 7.05 Å². The van der Waals surface area contributed by atoms with E-state index in [1.165, 1.54) is 6.08 Å². The summed E-state index contributed by atoms with van der Waals surface area (Å²) in [5.74, 6) is 0.591. The van der Waals surface area contributed by atoms with Crippen LogP contribution in [0.5, 0.6) is 5.75 Å². The Morgan fingerprint density at radius 3 is 2.89 bits per heavy atom. The Balaban J connectivity index is 2.21. The molecule has 19 heavy (non-hydrogen) atoms. The van der Waals surface area contributed by atoms with Crippen molar-refractivity contribution in [2.45, 2.75) is 0 Å². The average Bonchev–Trinajstić information content (AvgIpc) is 2.75. The van der Waals surface area contributed by atoms with Gasteiger partial charge in [0.05, 0.1) is 23.5 Å². The van der Waals surface area contributed by atoms with E-state index in [9.17, 15) is 4.79 Å². The van der Waals surface area contributed by atoms with E-state index in [0.29, 0.717) is 11.3 Å². The number of aryl methyl sites for hydroxylation is 1. The lowest BCUT2D eigenvalue weighted by Crippen LogP contribution is -1.97. The first kappa shape index (κ1) is 13.5. The molecule has 1 aromatic heterocycles. The van der Waals surface area contributed by atoms with Crippen molar-refractivity contribution >= 4 is 27.8 Å². The van der Waals surface area contributed by atoms with Gasteiger partial charge in [0.15, 0.2) is 5.78 Å². The molecule has 2 rings (SSSR count). The minimum atomic E-state index is -0.0769. The Kier molecular flexibility index (Phi) is 4.16. The molecule has 0 radical (unpaired) electrons. The van der Waals surface area contributed by atoms with Gasteiger partial charge in [-0.1, -0.05) is 12.1 Å². The Morgan fingerprint density at radius 1 is 1.47 bits per heavy atom. The van der Waals surface area contributed by atoms with Gasteiger partial charge in [-0.25, -0.2) is 0 Å². The largest absolute Gasteiger partial charge is 0.497 e. The van der Waals surface area contributed by atoms with Gasteiger partial charge in [0, 0.05) is 12.6 Å². The van der Waals surface area contributed by atoms with Crippen LogP contribution in [0.15, 0.2) is 41.0 Å². The monoisotopic (exact) mass is 320 g/mol. The summed E-state index contributed by atoms with van der Waals surface area (Å²) in [6.45, 7) is 0. The fourth-order valence-corrected chi connectivity index (χ4v) is 2.12. The zero-order valence-electron chi connectivity index (χ0n) is 10.6. The van der Waals surface area contributed by atoms with Crippen LogP contribution in [0.3, 0.4) is 0 Å². The molecule has 1 heterocycles. The predicted octanol–water partition coefficient (Wildman–Crippen LogP) is 3.09. The number of ketones is 1. The maximum absolute atomic E-state index is 12.0. The SMILES string of the molecule is COc1cccc(C(=O)/C=C/c2c(Br)cnn2C)c1. The highest BCUT2D eigenvalue weighted by Gasteiger charge is 2.05. The minimum Gasteiger partial charge on any atom is -0.497 e. The zero-order valence-corrected chi connectivity index (χ0v) is 12.2. The molecule has 0 aliphatic heterocycles. The maximum Gasteiger partial charge on any atom is 0.186 e. The minimum absolute atomic E-state index is 0.0769. The molecule has 0 unspecified atom stereocenters. The Labute approximate surface area is 119 Å². The van der Waals surface area contributed by atoms with Gasteiger partial charge in [0.1, 0.15) is 5.75 Å². The van der Waals surface area contributed by atoms with Crippen LogP contribution in [0.4, 0.5) is 0 Å².